The molecule has 2 saturated heterocycles. The maximum atomic E-state index is 12.8. The van der Waals surface area contributed by atoms with Crippen LogP contribution < -0.4 is 10.1 Å². The number of ether oxygens (including phenoxy) is 1. The Labute approximate surface area is 157 Å². The van der Waals surface area contributed by atoms with E-state index in [1.54, 1.807) is 55.1 Å². The molecule has 1 aromatic rings. The van der Waals surface area contributed by atoms with E-state index in [4.69, 9.17) is 4.74 Å². The average molecular weight is 377 g/mol. The van der Waals surface area contributed by atoms with E-state index in [1.807, 2.05) is 6.92 Å². The molecule has 0 spiro atoms. The summed E-state index contributed by atoms with van der Waals surface area (Å²) in [5.41, 5.74) is 0.635. The minimum Gasteiger partial charge on any atom is -0.497 e. The molecule has 0 radical (unpaired) electrons. The molecule has 3 rings (SSSR count). The molecule has 0 aromatic heterocycles. The molecule has 1 N–H and O–H groups in total. The van der Waals surface area contributed by atoms with Crippen LogP contribution in [0, 0.1) is 0 Å². The number of benzene rings is 1. The van der Waals surface area contributed by atoms with Crippen molar-refractivity contribution in [1.29, 1.82) is 0 Å². The SMILES string of the molecule is COc1ccc(NC(=O)CN(C)C(=O)[C@H]2CS[C@@]3(C)CCC(=O)N23)cc1. The van der Waals surface area contributed by atoms with Gasteiger partial charge in [-0.25, -0.2) is 0 Å². The molecule has 26 heavy (non-hydrogen) atoms. The highest BCUT2D eigenvalue weighted by atomic mass is 32.2. The monoisotopic (exact) mass is 377 g/mol. The fourth-order valence-corrected chi connectivity index (χ4v) is 4.85. The van der Waals surface area contributed by atoms with Gasteiger partial charge in [0.15, 0.2) is 0 Å². The maximum Gasteiger partial charge on any atom is 0.246 e. The zero-order valence-electron chi connectivity index (χ0n) is 15.2. The minimum absolute atomic E-state index is 0.0203. The van der Waals surface area contributed by atoms with Gasteiger partial charge in [-0.15, -0.1) is 11.8 Å². The topological polar surface area (TPSA) is 79.0 Å². The number of rotatable bonds is 5. The van der Waals surface area contributed by atoms with Gasteiger partial charge in [0.2, 0.25) is 17.7 Å². The number of nitrogens with zero attached hydrogens (tertiary/aromatic N) is 2. The summed E-state index contributed by atoms with van der Waals surface area (Å²) < 4.78 is 5.08. The normalized spacial score (nSPS) is 24.3. The smallest absolute Gasteiger partial charge is 0.246 e. The Morgan fingerprint density at radius 3 is 2.73 bits per heavy atom. The Balaban J connectivity index is 1.58. The third kappa shape index (κ3) is 3.51. The van der Waals surface area contributed by atoms with E-state index < -0.39 is 6.04 Å². The van der Waals surface area contributed by atoms with Crippen molar-refractivity contribution < 1.29 is 19.1 Å². The number of amides is 3. The average Bonchev–Trinajstić information content (AvgIpc) is 3.11. The molecule has 8 heteroatoms. The van der Waals surface area contributed by atoms with Crippen LogP contribution in [0.15, 0.2) is 24.3 Å². The summed E-state index contributed by atoms with van der Waals surface area (Å²) in [6, 6.07) is 6.49. The molecule has 0 saturated carbocycles. The number of hydrogen-bond acceptors (Lipinski definition) is 5. The van der Waals surface area contributed by atoms with Gasteiger partial charge >= 0.3 is 0 Å². The standard InChI is InChI=1S/C18H23N3O4S/c1-18-9-8-16(23)21(18)14(11-26-18)17(24)20(2)10-15(22)19-12-4-6-13(25-3)7-5-12/h4-7,14H,8-11H2,1-3H3,(H,19,22)/t14-,18+/m1/s1. The summed E-state index contributed by atoms with van der Waals surface area (Å²) in [5.74, 6) is 0.818. The Morgan fingerprint density at radius 2 is 2.08 bits per heavy atom. The van der Waals surface area contributed by atoms with E-state index in [1.165, 1.54) is 4.90 Å². The number of thioether (sulfide) groups is 1. The molecule has 2 aliphatic heterocycles. The molecule has 7 nitrogen and oxygen atoms in total. The van der Waals surface area contributed by atoms with Gasteiger partial charge in [-0.3, -0.25) is 14.4 Å². The quantitative estimate of drug-likeness (QED) is 0.842. The molecule has 0 unspecified atom stereocenters. The summed E-state index contributed by atoms with van der Waals surface area (Å²) in [6.07, 6.45) is 1.25. The lowest BCUT2D eigenvalue weighted by Crippen LogP contribution is -2.51. The van der Waals surface area contributed by atoms with Gasteiger partial charge in [0, 0.05) is 24.9 Å². The number of hydrogen-bond donors (Lipinski definition) is 1. The van der Waals surface area contributed by atoms with E-state index in [-0.39, 0.29) is 29.1 Å². The summed E-state index contributed by atoms with van der Waals surface area (Å²) in [5, 5.41) is 2.76. The third-order valence-electron chi connectivity index (χ3n) is 4.86. The number of fused-ring (bicyclic) bond motifs is 1. The molecule has 2 heterocycles. The maximum absolute atomic E-state index is 12.8. The van der Waals surface area contributed by atoms with Crippen LogP contribution in [-0.4, -0.2) is 64.9 Å². The second kappa shape index (κ2) is 7.19. The van der Waals surface area contributed by atoms with Crippen molar-refractivity contribution in [2.24, 2.45) is 0 Å². The highest BCUT2D eigenvalue weighted by molar-refractivity contribution is 8.01. The van der Waals surface area contributed by atoms with E-state index >= 15 is 0 Å². The van der Waals surface area contributed by atoms with Crippen molar-refractivity contribution in [3.63, 3.8) is 0 Å². The molecule has 2 atom stereocenters. The number of carbonyl (C=O) groups excluding carboxylic acids is 3. The Bertz CT molecular complexity index is 724. The van der Waals surface area contributed by atoms with E-state index in [9.17, 15) is 14.4 Å². The van der Waals surface area contributed by atoms with Crippen LogP contribution in [0.3, 0.4) is 0 Å². The first-order valence-electron chi connectivity index (χ1n) is 8.49. The summed E-state index contributed by atoms with van der Waals surface area (Å²) in [4.78, 5) is 40.0. The van der Waals surface area contributed by atoms with Crippen molar-refractivity contribution in [3.05, 3.63) is 24.3 Å². The second-order valence-electron chi connectivity index (χ2n) is 6.74. The first kappa shape index (κ1) is 18.6. The van der Waals surface area contributed by atoms with Crippen LogP contribution in [-0.2, 0) is 14.4 Å². The number of anilines is 1. The lowest BCUT2D eigenvalue weighted by molar-refractivity contribution is -0.143. The van der Waals surface area contributed by atoms with E-state index in [0.717, 1.165) is 6.42 Å². The van der Waals surface area contributed by atoms with Crippen LogP contribution in [0.5, 0.6) is 5.75 Å². The lowest BCUT2D eigenvalue weighted by atomic mass is 10.2. The molecule has 140 valence electrons. The van der Waals surface area contributed by atoms with Crippen LogP contribution in [0.4, 0.5) is 5.69 Å². The molecule has 0 bridgehead atoms. The molecule has 0 aliphatic carbocycles. The first-order valence-corrected chi connectivity index (χ1v) is 9.47. The summed E-state index contributed by atoms with van der Waals surface area (Å²) in [6.45, 7) is 1.94. The van der Waals surface area contributed by atoms with Crippen LogP contribution in [0.25, 0.3) is 0 Å². The minimum atomic E-state index is -0.487. The van der Waals surface area contributed by atoms with E-state index in [2.05, 4.69) is 5.32 Å². The van der Waals surface area contributed by atoms with Crippen molar-refractivity contribution in [2.45, 2.75) is 30.7 Å². The second-order valence-corrected chi connectivity index (χ2v) is 8.24. The highest BCUT2D eigenvalue weighted by Gasteiger charge is 2.53. The molecule has 2 fully saturated rings. The Morgan fingerprint density at radius 1 is 1.38 bits per heavy atom. The fraction of sp³-hybridized carbons (Fsp3) is 0.500. The zero-order chi connectivity index (χ0) is 18.9. The predicted molar refractivity (Wildman–Crippen MR) is 100.0 cm³/mol. The zero-order valence-corrected chi connectivity index (χ0v) is 16.0. The molecule has 2 aliphatic rings. The van der Waals surface area contributed by atoms with E-state index in [0.29, 0.717) is 23.6 Å². The number of methoxy groups -OCH3 is 1. The van der Waals surface area contributed by atoms with Gasteiger partial charge in [0.05, 0.1) is 18.5 Å². The lowest BCUT2D eigenvalue weighted by Gasteiger charge is -2.31. The van der Waals surface area contributed by atoms with Gasteiger partial charge in [-0.05, 0) is 37.6 Å². The highest BCUT2D eigenvalue weighted by Crippen LogP contribution is 2.47. The fourth-order valence-electron chi connectivity index (χ4n) is 3.43. The molecule has 3 amide bonds. The van der Waals surface area contributed by atoms with Crippen molar-refractivity contribution >= 4 is 35.2 Å². The van der Waals surface area contributed by atoms with Gasteiger partial charge in [0.1, 0.15) is 11.8 Å². The Hall–Kier alpha value is -2.22. The van der Waals surface area contributed by atoms with Gasteiger partial charge < -0.3 is 19.9 Å². The van der Waals surface area contributed by atoms with Crippen LogP contribution >= 0.6 is 11.8 Å². The molecule has 1 aromatic carbocycles. The molecular formula is C18H23N3O4S. The summed E-state index contributed by atoms with van der Waals surface area (Å²) >= 11 is 1.64. The van der Waals surface area contributed by atoms with Gasteiger partial charge in [-0.1, -0.05) is 0 Å². The predicted octanol–water partition coefficient (Wildman–Crippen LogP) is 1.55. The van der Waals surface area contributed by atoms with Crippen molar-refractivity contribution in [3.8, 4) is 5.75 Å². The Kier molecular flexibility index (Phi) is 5.13. The number of likely N-dealkylation sites (N-methyl/N-ethyl adjacent to an activating group) is 1. The first-order chi connectivity index (χ1) is 12.3. The number of nitrogens with one attached hydrogen (secondary N) is 1. The summed E-state index contributed by atoms with van der Waals surface area (Å²) in [7, 11) is 3.17. The third-order valence-corrected chi connectivity index (χ3v) is 6.37. The van der Waals surface area contributed by atoms with Gasteiger partial charge in [0.25, 0.3) is 0 Å². The van der Waals surface area contributed by atoms with Gasteiger partial charge in [-0.2, -0.15) is 0 Å². The largest absolute Gasteiger partial charge is 0.497 e. The molecular weight excluding hydrogens is 354 g/mol. The van der Waals surface area contributed by atoms with Crippen molar-refractivity contribution in [2.75, 3.05) is 31.8 Å². The van der Waals surface area contributed by atoms with Crippen LogP contribution in [0.1, 0.15) is 19.8 Å². The number of carbonyl (C=O) groups is 3. The van der Waals surface area contributed by atoms with Crippen molar-refractivity contribution in [1.82, 2.24) is 9.80 Å². The van der Waals surface area contributed by atoms with Crippen LogP contribution in [0.2, 0.25) is 0 Å².